The lowest BCUT2D eigenvalue weighted by atomic mass is 10.0. The van der Waals surface area contributed by atoms with Crippen LogP contribution in [0.4, 0.5) is 0 Å². The number of aromatic nitrogens is 3. The zero-order valence-corrected chi connectivity index (χ0v) is 11.7. The van der Waals surface area contributed by atoms with Crippen LogP contribution in [0.3, 0.4) is 0 Å². The Morgan fingerprint density at radius 1 is 1.29 bits per heavy atom. The van der Waals surface area contributed by atoms with E-state index in [0.29, 0.717) is 6.42 Å². The number of hydrogen-bond donors (Lipinski definition) is 2. The molecule has 0 unspecified atom stereocenters. The molecule has 3 rings (SSSR count). The lowest BCUT2D eigenvalue weighted by molar-refractivity contribution is -0.120. The number of carbonyl (C=O) groups excluding carboxylic acids is 1. The summed E-state index contributed by atoms with van der Waals surface area (Å²) in [6, 6.07) is 7.95. The molecule has 2 aromatic rings. The molecule has 1 amide bonds. The van der Waals surface area contributed by atoms with Crippen molar-refractivity contribution in [2.24, 2.45) is 5.84 Å². The van der Waals surface area contributed by atoms with Crippen LogP contribution in [0.15, 0.2) is 30.6 Å². The lowest BCUT2D eigenvalue weighted by Crippen LogP contribution is -2.34. The van der Waals surface area contributed by atoms with E-state index in [1.54, 1.807) is 6.33 Å². The van der Waals surface area contributed by atoms with Gasteiger partial charge in [-0.15, -0.1) is 10.2 Å². The van der Waals surface area contributed by atoms with Crippen LogP contribution < -0.4 is 11.3 Å². The van der Waals surface area contributed by atoms with Crippen LogP contribution in [0, 0.1) is 0 Å². The Hall–Kier alpha value is -2.25. The molecule has 0 spiro atoms. The highest BCUT2D eigenvalue weighted by Gasteiger charge is 2.18. The summed E-state index contributed by atoms with van der Waals surface area (Å²) in [6.45, 7) is 3.41. The van der Waals surface area contributed by atoms with Gasteiger partial charge in [-0.25, -0.2) is 5.84 Å². The van der Waals surface area contributed by atoms with Crippen LogP contribution in [-0.4, -0.2) is 32.1 Å². The molecule has 2 heterocycles. The molecule has 110 valence electrons. The van der Waals surface area contributed by atoms with E-state index in [-0.39, 0.29) is 5.91 Å². The maximum absolute atomic E-state index is 11.5. The van der Waals surface area contributed by atoms with Crippen molar-refractivity contribution in [3.8, 4) is 0 Å². The number of fused-ring (bicyclic) bond motifs is 1. The number of carbonyl (C=O) groups is 1. The van der Waals surface area contributed by atoms with Crippen LogP contribution >= 0.6 is 0 Å². The SMILES string of the molecule is NNC(=O)Cc1ccccc1CN1CCn2cnnc2C1. The second-order valence-corrected chi connectivity index (χ2v) is 5.16. The maximum Gasteiger partial charge on any atom is 0.238 e. The van der Waals surface area contributed by atoms with Crippen molar-refractivity contribution >= 4 is 5.91 Å². The molecule has 7 heteroatoms. The summed E-state index contributed by atoms with van der Waals surface area (Å²) in [7, 11) is 0. The molecule has 0 aliphatic carbocycles. The summed E-state index contributed by atoms with van der Waals surface area (Å²) >= 11 is 0. The predicted octanol–water partition coefficient (Wildman–Crippen LogP) is -0.174. The molecular formula is C14H18N6O. The summed E-state index contributed by atoms with van der Waals surface area (Å²) in [4.78, 5) is 13.8. The highest BCUT2D eigenvalue weighted by atomic mass is 16.2. The van der Waals surface area contributed by atoms with Crippen LogP contribution in [0.5, 0.6) is 0 Å². The summed E-state index contributed by atoms with van der Waals surface area (Å²) in [5.41, 5.74) is 4.33. The number of hydrazine groups is 1. The summed E-state index contributed by atoms with van der Waals surface area (Å²) in [5, 5.41) is 8.06. The zero-order valence-electron chi connectivity index (χ0n) is 11.7. The number of rotatable bonds is 4. The molecule has 0 fully saturated rings. The van der Waals surface area contributed by atoms with Crippen molar-refractivity contribution in [1.29, 1.82) is 0 Å². The van der Waals surface area contributed by atoms with E-state index in [9.17, 15) is 4.79 Å². The lowest BCUT2D eigenvalue weighted by Gasteiger charge is -2.27. The minimum Gasteiger partial charge on any atom is -0.315 e. The van der Waals surface area contributed by atoms with Crippen molar-refractivity contribution in [2.45, 2.75) is 26.1 Å². The first-order chi connectivity index (χ1) is 10.3. The Bertz CT molecular complexity index is 638. The second kappa shape index (κ2) is 6.02. The van der Waals surface area contributed by atoms with Gasteiger partial charge in [-0.2, -0.15) is 0 Å². The van der Waals surface area contributed by atoms with Gasteiger partial charge in [0, 0.05) is 19.6 Å². The van der Waals surface area contributed by atoms with Crippen LogP contribution in [-0.2, 0) is 30.8 Å². The minimum absolute atomic E-state index is 0.180. The van der Waals surface area contributed by atoms with Gasteiger partial charge in [0.05, 0.1) is 13.0 Å². The van der Waals surface area contributed by atoms with Gasteiger partial charge >= 0.3 is 0 Å². The van der Waals surface area contributed by atoms with Gasteiger partial charge in [-0.1, -0.05) is 24.3 Å². The Morgan fingerprint density at radius 2 is 2.10 bits per heavy atom. The highest BCUT2D eigenvalue weighted by molar-refractivity contribution is 5.78. The Balaban J connectivity index is 1.72. The summed E-state index contributed by atoms with van der Waals surface area (Å²) < 4.78 is 2.07. The van der Waals surface area contributed by atoms with Gasteiger partial charge in [-0.3, -0.25) is 15.1 Å². The first-order valence-corrected chi connectivity index (χ1v) is 6.91. The molecule has 3 N–H and O–H groups in total. The van der Waals surface area contributed by atoms with Crippen LogP contribution in [0.25, 0.3) is 0 Å². The Morgan fingerprint density at radius 3 is 2.90 bits per heavy atom. The van der Waals surface area contributed by atoms with E-state index in [4.69, 9.17) is 5.84 Å². The highest BCUT2D eigenvalue weighted by Crippen LogP contribution is 2.16. The Labute approximate surface area is 122 Å². The molecule has 7 nitrogen and oxygen atoms in total. The normalized spacial score (nSPS) is 14.7. The third kappa shape index (κ3) is 3.09. The van der Waals surface area contributed by atoms with Gasteiger partial charge in [0.2, 0.25) is 5.91 Å². The van der Waals surface area contributed by atoms with E-state index >= 15 is 0 Å². The smallest absolute Gasteiger partial charge is 0.238 e. The third-order valence-corrected chi connectivity index (χ3v) is 3.74. The van der Waals surface area contributed by atoms with E-state index in [2.05, 4.69) is 31.2 Å². The van der Waals surface area contributed by atoms with Crippen molar-refractivity contribution in [3.63, 3.8) is 0 Å². The van der Waals surface area contributed by atoms with Gasteiger partial charge in [0.25, 0.3) is 0 Å². The summed E-state index contributed by atoms with van der Waals surface area (Å²) in [6.07, 6.45) is 2.07. The zero-order chi connectivity index (χ0) is 14.7. The third-order valence-electron chi connectivity index (χ3n) is 3.74. The number of nitrogens with one attached hydrogen (secondary N) is 1. The molecule has 0 bridgehead atoms. The average Bonchev–Trinajstić information content (AvgIpc) is 2.96. The van der Waals surface area contributed by atoms with Gasteiger partial charge < -0.3 is 4.57 Å². The molecule has 0 atom stereocenters. The second-order valence-electron chi connectivity index (χ2n) is 5.16. The molecule has 1 aromatic carbocycles. The topological polar surface area (TPSA) is 89.1 Å². The number of amides is 1. The molecule has 0 radical (unpaired) electrons. The van der Waals surface area contributed by atoms with Crippen molar-refractivity contribution < 1.29 is 4.79 Å². The van der Waals surface area contributed by atoms with E-state index < -0.39 is 0 Å². The number of nitrogens with zero attached hydrogens (tertiary/aromatic N) is 4. The fraction of sp³-hybridized carbons (Fsp3) is 0.357. The average molecular weight is 286 g/mol. The first-order valence-electron chi connectivity index (χ1n) is 6.91. The van der Waals surface area contributed by atoms with Crippen molar-refractivity contribution in [1.82, 2.24) is 25.1 Å². The van der Waals surface area contributed by atoms with Crippen LogP contribution in [0.1, 0.15) is 17.0 Å². The number of nitrogens with two attached hydrogens (primary N) is 1. The quantitative estimate of drug-likeness (QED) is 0.462. The van der Waals surface area contributed by atoms with Gasteiger partial charge in [0.1, 0.15) is 12.2 Å². The van der Waals surface area contributed by atoms with Crippen LogP contribution in [0.2, 0.25) is 0 Å². The first kappa shape index (κ1) is 13.7. The number of benzene rings is 1. The van der Waals surface area contributed by atoms with E-state index in [1.165, 1.54) is 0 Å². The fourth-order valence-corrected chi connectivity index (χ4v) is 2.60. The molecule has 21 heavy (non-hydrogen) atoms. The minimum atomic E-state index is -0.180. The standard InChI is InChI=1S/C14H18N6O/c15-17-14(21)7-11-3-1-2-4-12(11)8-19-5-6-20-10-16-18-13(20)9-19/h1-4,10H,5-9,15H2,(H,17,21). The fourth-order valence-electron chi connectivity index (χ4n) is 2.60. The van der Waals surface area contributed by atoms with Gasteiger partial charge in [-0.05, 0) is 11.1 Å². The van der Waals surface area contributed by atoms with E-state index in [1.807, 2.05) is 18.2 Å². The number of hydrogen-bond acceptors (Lipinski definition) is 5. The van der Waals surface area contributed by atoms with E-state index in [0.717, 1.165) is 43.1 Å². The monoisotopic (exact) mass is 286 g/mol. The largest absolute Gasteiger partial charge is 0.315 e. The molecule has 1 aromatic heterocycles. The molecule has 0 saturated carbocycles. The molecule has 0 saturated heterocycles. The van der Waals surface area contributed by atoms with Crippen molar-refractivity contribution in [2.75, 3.05) is 6.54 Å². The predicted molar refractivity (Wildman–Crippen MR) is 76.6 cm³/mol. The molecular weight excluding hydrogens is 268 g/mol. The van der Waals surface area contributed by atoms with Gasteiger partial charge in [0.15, 0.2) is 0 Å². The van der Waals surface area contributed by atoms with Crippen molar-refractivity contribution in [3.05, 3.63) is 47.5 Å². The Kier molecular flexibility index (Phi) is 3.94. The maximum atomic E-state index is 11.5. The summed E-state index contributed by atoms with van der Waals surface area (Å²) in [5.74, 6) is 5.97. The molecule has 1 aliphatic heterocycles. The molecule has 1 aliphatic rings.